The summed E-state index contributed by atoms with van der Waals surface area (Å²) < 4.78 is 44.0. The summed E-state index contributed by atoms with van der Waals surface area (Å²) in [5, 5.41) is 3.94. The zero-order chi connectivity index (χ0) is 21.7. The van der Waals surface area contributed by atoms with E-state index in [1.807, 2.05) is 20.8 Å². The molecular formula is C21H26FN3O4S. The van der Waals surface area contributed by atoms with Gasteiger partial charge >= 0.3 is 0 Å². The highest BCUT2D eigenvalue weighted by molar-refractivity contribution is 7.93. The third-order valence-corrected chi connectivity index (χ3v) is 8.52. The summed E-state index contributed by atoms with van der Waals surface area (Å²) in [7, 11) is -3.40. The molecule has 2 aliphatic rings. The molecule has 2 aliphatic heterocycles. The Morgan fingerprint density at radius 2 is 2.00 bits per heavy atom. The van der Waals surface area contributed by atoms with Gasteiger partial charge in [0.05, 0.1) is 11.7 Å². The summed E-state index contributed by atoms with van der Waals surface area (Å²) in [6, 6.07) is 6.36. The average Bonchev–Trinajstić information content (AvgIpc) is 3.15. The molecule has 0 aliphatic carbocycles. The van der Waals surface area contributed by atoms with E-state index in [-0.39, 0.29) is 48.3 Å². The largest absolute Gasteiger partial charge is 0.339 e. The summed E-state index contributed by atoms with van der Waals surface area (Å²) in [6.45, 7) is 6.24. The minimum absolute atomic E-state index is 0.0317. The second-order valence-corrected chi connectivity index (χ2v) is 12.0. The Balaban J connectivity index is 1.53. The van der Waals surface area contributed by atoms with Crippen molar-refractivity contribution in [2.24, 2.45) is 5.41 Å². The Morgan fingerprint density at radius 1 is 1.30 bits per heavy atom. The van der Waals surface area contributed by atoms with E-state index in [9.17, 15) is 17.6 Å². The maximum Gasteiger partial charge on any atom is 0.231 e. The van der Waals surface area contributed by atoms with Gasteiger partial charge in [-0.1, -0.05) is 44.1 Å². The van der Waals surface area contributed by atoms with E-state index < -0.39 is 20.5 Å². The number of sulfone groups is 1. The quantitative estimate of drug-likeness (QED) is 0.733. The van der Waals surface area contributed by atoms with Gasteiger partial charge in [0.2, 0.25) is 11.8 Å². The van der Waals surface area contributed by atoms with Crippen LogP contribution in [0, 0.1) is 11.2 Å². The Morgan fingerprint density at radius 3 is 2.67 bits per heavy atom. The fourth-order valence-corrected chi connectivity index (χ4v) is 6.67. The molecule has 4 rings (SSSR count). The van der Waals surface area contributed by atoms with Gasteiger partial charge in [0.1, 0.15) is 10.6 Å². The Bertz CT molecular complexity index is 1070. The molecule has 1 unspecified atom stereocenters. The molecule has 0 N–H and O–H groups in total. The Hall–Kier alpha value is -2.29. The van der Waals surface area contributed by atoms with Gasteiger partial charge in [-0.3, -0.25) is 4.79 Å². The highest BCUT2D eigenvalue weighted by atomic mass is 32.2. The lowest BCUT2D eigenvalue weighted by atomic mass is 9.82. The van der Waals surface area contributed by atoms with Gasteiger partial charge in [0.25, 0.3) is 0 Å². The minimum atomic E-state index is -3.40. The second kappa shape index (κ2) is 7.14. The molecule has 7 nitrogen and oxygen atoms in total. The van der Waals surface area contributed by atoms with Crippen molar-refractivity contribution in [2.75, 3.05) is 18.8 Å². The average molecular weight is 436 g/mol. The van der Waals surface area contributed by atoms with Crippen molar-refractivity contribution in [3.05, 3.63) is 47.4 Å². The van der Waals surface area contributed by atoms with Crippen LogP contribution in [0.5, 0.6) is 0 Å². The molecule has 3 heterocycles. The van der Waals surface area contributed by atoms with Crippen LogP contribution in [-0.4, -0.2) is 53.0 Å². The third-order valence-electron chi connectivity index (χ3n) is 5.97. The van der Waals surface area contributed by atoms with E-state index in [0.717, 1.165) is 0 Å². The normalized spacial score (nSPS) is 22.3. The first-order valence-corrected chi connectivity index (χ1v) is 11.7. The third kappa shape index (κ3) is 3.64. The predicted molar refractivity (Wildman–Crippen MR) is 108 cm³/mol. The van der Waals surface area contributed by atoms with E-state index in [1.165, 1.54) is 6.07 Å². The molecule has 0 radical (unpaired) electrons. The highest BCUT2D eigenvalue weighted by Gasteiger charge is 2.64. The summed E-state index contributed by atoms with van der Waals surface area (Å²) in [6.07, 6.45) is 0.908. The maximum atomic E-state index is 13.9. The van der Waals surface area contributed by atoms with Crippen molar-refractivity contribution in [1.82, 2.24) is 15.0 Å². The molecule has 9 heteroatoms. The zero-order valence-electron chi connectivity index (χ0n) is 17.4. The molecule has 0 saturated carbocycles. The number of hydrogen-bond acceptors (Lipinski definition) is 6. The van der Waals surface area contributed by atoms with Gasteiger partial charge < -0.3 is 9.42 Å². The van der Waals surface area contributed by atoms with Crippen molar-refractivity contribution >= 4 is 15.7 Å². The number of carbonyl (C=O) groups excluding carboxylic acids is 1. The van der Waals surface area contributed by atoms with Crippen LogP contribution in [0.15, 0.2) is 28.8 Å². The number of likely N-dealkylation sites (tertiary alicyclic amines) is 1. The molecule has 1 aromatic carbocycles. The molecule has 162 valence electrons. The summed E-state index contributed by atoms with van der Waals surface area (Å²) >= 11 is 0. The molecule has 1 aromatic heterocycles. The summed E-state index contributed by atoms with van der Waals surface area (Å²) in [4.78, 5) is 18.5. The molecular weight excluding hydrogens is 409 g/mol. The van der Waals surface area contributed by atoms with Crippen LogP contribution in [0.25, 0.3) is 0 Å². The van der Waals surface area contributed by atoms with Gasteiger partial charge in [-0.05, 0) is 23.5 Å². The molecule has 0 bridgehead atoms. The maximum absolute atomic E-state index is 13.9. The zero-order valence-corrected chi connectivity index (χ0v) is 18.2. The van der Waals surface area contributed by atoms with E-state index >= 15 is 0 Å². The van der Waals surface area contributed by atoms with Crippen LogP contribution in [0.1, 0.15) is 56.8 Å². The molecule has 2 saturated heterocycles. The molecule has 1 amide bonds. The number of rotatable bonds is 4. The van der Waals surface area contributed by atoms with E-state index in [0.29, 0.717) is 24.2 Å². The highest BCUT2D eigenvalue weighted by Crippen LogP contribution is 2.49. The monoisotopic (exact) mass is 435 g/mol. The molecule has 2 fully saturated rings. The number of hydrogen-bond donors (Lipinski definition) is 0. The SMILES string of the molecule is CC(C)(C)CC(=O)N1CC2(C1)C(c1nc(Cc3ccccc3F)no1)CCS2(=O)=O. The minimum Gasteiger partial charge on any atom is -0.339 e. The van der Waals surface area contributed by atoms with E-state index in [4.69, 9.17) is 4.52 Å². The fraction of sp³-hybridized carbons (Fsp3) is 0.571. The standard InChI is InChI=1S/C21H26FN3O4S/c1-20(2,3)11-18(26)25-12-21(13-25)15(8-9-30(21,27)28)19-23-17(24-29-19)10-14-6-4-5-7-16(14)22/h4-7,15H,8-13H2,1-3H3. The van der Waals surface area contributed by atoms with Gasteiger partial charge in [0.15, 0.2) is 15.7 Å². The van der Waals surface area contributed by atoms with Crippen molar-refractivity contribution in [2.45, 2.75) is 50.7 Å². The molecule has 1 atom stereocenters. The summed E-state index contributed by atoms with van der Waals surface area (Å²) in [5.74, 6) is -0.247. The number of benzene rings is 1. The molecule has 1 spiro atoms. The van der Waals surface area contributed by atoms with E-state index in [1.54, 1.807) is 23.1 Å². The molecule has 2 aromatic rings. The lowest BCUT2D eigenvalue weighted by molar-refractivity contribution is -0.138. The van der Waals surface area contributed by atoms with Gasteiger partial charge in [-0.25, -0.2) is 12.8 Å². The van der Waals surface area contributed by atoms with Crippen LogP contribution in [-0.2, 0) is 21.1 Å². The number of carbonyl (C=O) groups is 1. The number of aromatic nitrogens is 2. The van der Waals surface area contributed by atoms with Crippen LogP contribution in [0.3, 0.4) is 0 Å². The predicted octanol–water partition coefficient (Wildman–Crippen LogP) is 2.72. The van der Waals surface area contributed by atoms with Crippen molar-refractivity contribution in [3.8, 4) is 0 Å². The first-order chi connectivity index (χ1) is 14.0. The van der Waals surface area contributed by atoms with Crippen LogP contribution < -0.4 is 0 Å². The number of nitrogens with zero attached hydrogens (tertiary/aromatic N) is 3. The topological polar surface area (TPSA) is 93.4 Å². The van der Waals surface area contributed by atoms with Crippen LogP contribution in [0.4, 0.5) is 4.39 Å². The van der Waals surface area contributed by atoms with Crippen molar-refractivity contribution in [3.63, 3.8) is 0 Å². The second-order valence-electron chi connectivity index (χ2n) is 9.53. The van der Waals surface area contributed by atoms with Crippen LogP contribution in [0.2, 0.25) is 0 Å². The van der Waals surface area contributed by atoms with Crippen LogP contribution >= 0.6 is 0 Å². The van der Waals surface area contributed by atoms with Gasteiger partial charge in [0, 0.05) is 25.9 Å². The van der Waals surface area contributed by atoms with Crippen molar-refractivity contribution < 1.29 is 22.1 Å². The van der Waals surface area contributed by atoms with E-state index in [2.05, 4.69) is 10.1 Å². The molecule has 30 heavy (non-hydrogen) atoms. The van der Waals surface area contributed by atoms with Gasteiger partial charge in [-0.15, -0.1) is 0 Å². The summed E-state index contributed by atoms with van der Waals surface area (Å²) in [5.41, 5.74) is 0.281. The first kappa shape index (κ1) is 21.0. The van der Waals surface area contributed by atoms with Crippen molar-refractivity contribution in [1.29, 1.82) is 0 Å². The lowest BCUT2D eigenvalue weighted by Gasteiger charge is -2.49. The van der Waals surface area contributed by atoms with Gasteiger partial charge in [-0.2, -0.15) is 4.98 Å². The first-order valence-electron chi connectivity index (χ1n) is 10.1. The smallest absolute Gasteiger partial charge is 0.231 e. The fourth-order valence-electron chi connectivity index (χ4n) is 4.36. The number of amides is 1. The lowest BCUT2D eigenvalue weighted by Crippen LogP contribution is -2.67. The Labute approximate surface area is 175 Å². The Kier molecular flexibility index (Phi) is 4.99. The number of halogens is 1.